The fraction of sp³-hybridized carbons (Fsp3) is 0.318. The number of methoxy groups -OCH3 is 1. The molecule has 3 amide bonds. The van der Waals surface area contributed by atoms with E-state index < -0.39 is 17.7 Å². The van der Waals surface area contributed by atoms with Gasteiger partial charge in [0.25, 0.3) is 5.91 Å². The highest BCUT2D eigenvalue weighted by Crippen LogP contribution is 2.36. The van der Waals surface area contributed by atoms with E-state index in [1.54, 1.807) is 4.90 Å². The van der Waals surface area contributed by atoms with E-state index in [1.807, 2.05) is 25.1 Å². The number of amides is 3. The molecular formula is C22H24N6O4S. The van der Waals surface area contributed by atoms with E-state index >= 15 is 0 Å². The predicted octanol–water partition coefficient (Wildman–Crippen LogP) is 2.32. The van der Waals surface area contributed by atoms with Crippen molar-refractivity contribution < 1.29 is 19.1 Å². The third-order valence-corrected chi connectivity index (χ3v) is 6.52. The Balaban J connectivity index is 1.58. The average Bonchev–Trinajstić information content (AvgIpc) is 3.17. The summed E-state index contributed by atoms with van der Waals surface area (Å²) in [6, 6.07) is 6.88. The van der Waals surface area contributed by atoms with Crippen LogP contribution in [0.2, 0.25) is 0 Å². The SMILES string of the molecule is COc1ncc(NC(=O)C(=O)N2C[C@H](C)CC[C@H]2c2ccc3sc(N)nc3c2)cc1C(N)=O. The van der Waals surface area contributed by atoms with Crippen molar-refractivity contribution in [2.24, 2.45) is 11.7 Å². The van der Waals surface area contributed by atoms with Crippen molar-refractivity contribution in [2.75, 3.05) is 24.7 Å². The largest absolute Gasteiger partial charge is 0.480 e. The van der Waals surface area contributed by atoms with Crippen molar-refractivity contribution in [2.45, 2.75) is 25.8 Å². The molecule has 0 aliphatic carbocycles. The maximum absolute atomic E-state index is 13.2. The summed E-state index contributed by atoms with van der Waals surface area (Å²) >= 11 is 1.40. The summed E-state index contributed by atoms with van der Waals surface area (Å²) in [6.45, 7) is 2.49. The van der Waals surface area contributed by atoms with Crippen LogP contribution >= 0.6 is 11.3 Å². The molecule has 10 nitrogen and oxygen atoms in total. The van der Waals surface area contributed by atoms with Gasteiger partial charge in [-0.1, -0.05) is 24.3 Å². The zero-order valence-corrected chi connectivity index (χ0v) is 19.0. The molecule has 0 spiro atoms. The second-order valence-corrected chi connectivity index (χ2v) is 9.10. The molecule has 4 rings (SSSR count). The Morgan fingerprint density at radius 2 is 2.03 bits per heavy atom. The first-order chi connectivity index (χ1) is 15.8. The molecule has 1 aliphatic heterocycles. The Morgan fingerprint density at radius 1 is 1.24 bits per heavy atom. The van der Waals surface area contributed by atoms with Gasteiger partial charge < -0.3 is 26.4 Å². The van der Waals surface area contributed by atoms with Gasteiger partial charge in [0, 0.05) is 6.54 Å². The lowest BCUT2D eigenvalue weighted by molar-refractivity contribution is -0.146. The second kappa shape index (κ2) is 9.02. The number of nitrogens with zero attached hydrogens (tertiary/aromatic N) is 3. The first-order valence-electron chi connectivity index (χ1n) is 10.4. The Bertz CT molecular complexity index is 1240. The van der Waals surface area contributed by atoms with Gasteiger partial charge in [-0.05, 0) is 42.5 Å². The van der Waals surface area contributed by atoms with Crippen LogP contribution in [0.15, 0.2) is 30.5 Å². The Kier molecular flexibility index (Phi) is 6.14. The van der Waals surface area contributed by atoms with Crippen molar-refractivity contribution in [1.29, 1.82) is 0 Å². The van der Waals surface area contributed by atoms with Gasteiger partial charge in [0.05, 0.1) is 35.3 Å². The number of carbonyl (C=O) groups excluding carboxylic acids is 3. The molecule has 0 bridgehead atoms. The number of primary amides is 1. The molecule has 11 heteroatoms. The van der Waals surface area contributed by atoms with E-state index in [9.17, 15) is 14.4 Å². The summed E-state index contributed by atoms with van der Waals surface area (Å²) in [6.07, 6.45) is 2.95. The molecular weight excluding hydrogens is 444 g/mol. The second-order valence-electron chi connectivity index (χ2n) is 8.03. The van der Waals surface area contributed by atoms with Gasteiger partial charge in [-0.2, -0.15) is 0 Å². The van der Waals surface area contributed by atoms with Gasteiger partial charge in [-0.15, -0.1) is 0 Å². The third kappa shape index (κ3) is 4.58. The topological polar surface area (TPSA) is 154 Å². The third-order valence-electron chi connectivity index (χ3n) is 5.65. The molecule has 0 unspecified atom stereocenters. The number of aromatic nitrogens is 2. The molecule has 0 radical (unpaired) electrons. The lowest BCUT2D eigenvalue weighted by Gasteiger charge is -2.38. The lowest BCUT2D eigenvalue weighted by Crippen LogP contribution is -2.46. The first kappa shape index (κ1) is 22.5. The number of thiazole rings is 1. The van der Waals surface area contributed by atoms with Gasteiger partial charge >= 0.3 is 11.8 Å². The Labute approximate surface area is 193 Å². The van der Waals surface area contributed by atoms with E-state index in [-0.39, 0.29) is 29.1 Å². The highest BCUT2D eigenvalue weighted by Gasteiger charge is 2.34. The van der Waals surface area contributed by atoms with Crippen LogP contribution in [0.4, 0.5) is 10.8 Å². The number of nitrogen functional groups attached to an aromatic ring is 1. The minimum absolute atomic E-state index is 0.00283. The molecule has 3 aromatic rings. The molecule has 1 aliphatic rings. The van der Waals surface area contributed by atoms with Gasteiger partial charge in [-0.3, -0.25) is 14.4 Å². The molecule has 5 N–H and O–H groups in total. The number of anilines is 2. The van der Waals surface area contributed by atoms with Crippen LogP contribution in [0.5, 0.6) is 5.88 Å². The van der Waals surface area contributed by atoms with Gasteiger partial charge in [-0.25, -0.2) is 9.97 Å². The number of nitrogens with one attached hydrogen (secondary N) is 1. The molecule has 2 atom stereocenters. The number of ether oxygens (including phenoxy) is 1. The van der Waals surface area contributed by atoms with Gasteiger partial charge in [0.1, 0.15) is 5.56 Å². The number of benzene rings is 1. The normalized spacial score (nSPS) is 18.2. The minimum atomic E-state index is -0.824. The molecule has 2 aromatic heterocycles. The minimum Gasteiger partial charge on any atom is -0.480 e. The summed E-state index contributed by atoms with van der Waals surface area (Å²) in [5.41, 5.74) is 13.0. The van der Waals surface area contributed by atoms with Crippen molar-refractivity contribution in [3.8, 4) is 5.88 Å². The highest BCUT2D eigenvalue weighted by molar-refractivity contribution is 7.22. The molecule has 33 heavy (non-hydrogen) atoms. The van der Waals surface area contributed by atoms with Crippen LogP contribution in [-0.4, -0.2) is 46.2 Å². The van der Waals surface area contributed by atoms with Crippen LogP contribution in [0.25, 0.3) is 10.2 Å². The number of hydrogen-bond acceptors (Lipinski definition) is 8. The number of hydrogen-bond donors (Lipinski definition) is 3. The maximum atomic E-state index is 13.2. The van der Waals surface area contributed by atoms with Crippen LogP contribution < -0.4 is 21.5 Å². The van der Waals surface area contributed by atoms with Crippen molar-refractivity contribution in [3.63, 3.8) is 0 Å². The number of piperidine rings is 1. The summed E-state index contributed by atoms with van der Waals surface area (Å²) in [5, 5.41) is 3.00. The fourth-order valence-electron chi connectivity index (χ4n) is 4.07. The van der Waals surface area contributed by atoms with E-state index in [1.165, 1.54) is 30.7 Å². The number of pyridine rings is 1. The maximum Gasteiger partial charge on any atom is 0.313 e. The van der Waals surface area contributed by atoms with Crippen molar-refractivity contribution in [3.05, 3.63) is 41.6 Å². The highest BCUT2D eigenvalue weighted by atomic mass is 32.1. The molecule has 1 fully saturated rings. The smallest absolute Gasteiger partial charge is 0.313 e. The van der Waals surface area contributed by atoms with Crippen molar-refractivity contribution >= 4 is 50.1 Å². The summed E-state index contributed by atoms with van der Waals surface area (Å²) in [5.74, 6) is -1.96. The van der Waals surface area contributed by atoms with E-state index in [2.05, 4.69) is 15.3 Å². The van der Waals surface area contributed by atoms with E-state index in [0.29, 0.717) is 11.7 Å². The summed E-state index contributed by atoms with van der Waals surface area (Å²) in [4.78, 5) is 47.6. The summed E-state index contributed by atoms with van der Waals surface area (Å²) in [7, 11) is 1.35. The van der Waals surface area contributed by atoms with Crippen molar-refractivity contribution in [1.82, 2.24) is 14.9 Å². The zero-order chi connectivity index (χ0) is 23.7. The van der Waals surface area contributed by atoms with Crippen LogP contribution in [0, 0.1) is 5.92 Å². The standard InChI is InChI=1S/C22H24N6O4S/c1-11-3-5-16(12-4-6-17-15(7-12)27-22(24)33-17)28(10-11)21(31)19(30)26-13-8-14(18(23)29)20(32-2)25-9-13/h4,6-9,11,16H,3,5,10H2,1-2H3,(H2,23,29)(H2,24,27)(H,26,30)/t11-,16+/m1/s1. The molecule has 1 saturated heterocycles. The number of rotatable bonds is 4. The number of likely N-dealkylation sites (tertiary alicyclic amines) is 1. The number of carbonyl (C=O) groups is 3. The first-order valence-corrected chi connectivity index (χ1v) is 11.2. The zero-order valence-electron chi connectivity index (χ0n) is 18.2. The molecule has 3 heterocycles. The lowest BCUT2D eigenvalue weighted by atomic mass is 9.89. The average molecular weight is 469 g/mol. The molecule has 172 valence electrons. The predicted molar refractivity (Wildman–Crippen MR) is 125 cm³/mol. The van der Waals surface area contributed by atoms with Crippen LogP contribution in [0.1, 0.15) is 41.7 Å². The fourth-order valence-corrected chi connectivity index (χ4v) is 4.78. The summed E-state index contributed by atoms with van der Waals surface area (Å²) < 4.78 is 5.97. The number of nitrogens with two attached hydrogens (primary N) is 2. The quantitative estimate of drug-likeness (QED) is 0.497. The number of fused-ring (bicyclic) bond motifs is 1. The van der Waals surface area contributed by atoms with Gasteiger partial charge in [0.2, 0.25) is 5.88 Å². The monoisotopic (exact) mass is 468 g/mol. The van der Waals surface area contributed by atoms with Gasteiger partial charge in [0.15, 0.2) is 5.13 Å². The Hall–Kier alpha value is -3.73. The van der Waals surface area contributed by atoms with E-state index in [0.717, 1.165) is 28.6 Å². The molecule has 0 saturated carbocycles. The van der Waals surface area contributed by atoms with Crippen LogP contribution in [-0.2, 0) is 9.59 Å². The molecule has 1 aromatic carbocycles. The van der Waals surface area contributed by atoms with Crippen LogP contribution in [0.3, 0.4) is 0 Å². The van der Waals surface area contributed by atoms with E-state index in [4.69, 9.17) is 16.2 Å². The Morgan fingerprint density at radius 3 is 2.76 bits per heavy atom.